The maximum absolute atomic E-state index is 11.8. The first-order valence-corrected chi connectivity index (χ1v) is 5.90. The van der Waals surface area contributed by atoms with Gasteiger partial charge < -0.3 is 10.2 Å². The fraction of sp³-hybridized carbons (Fsp3) is 0.583. The topological polar surface area (TPSA) is 58.1 Å². The Bertz CT molecular complexity index is 388. The van der Waals surface area contributed by atoms with Crippen LogP contribution >= 0.6 is 0 Å². The lowest BCUT2D eigenvalue weighted by Crippen LogP contribution is -2.35. The first-order chi connectivity index (χ1) is 8.08. The number of aryl methyl sites for hydroxylation is 2. The second-order valence-corrected chi connectivity index (χ2v) is 3.86. The molecular formula is C12H20N4O. The van der Waals surface area contributed by atoms with Gasteiger partial charge in [0.25, 0.3) is 0 Å². The minimum absolute atomic E-state index is 0.0812. The van der Waals surface area contributed by atoms with Crippen LogP contribution in [-0.4, -0.2) is 40.4 Å². The van der Waals surface area contributed by atoms with Crippen LogP contribution in [-0.2, 0) is 4.79 Å². The molecule has 0 aromatic carbocycles. The molecule has 17 heavy (non-hydrogen) atoms. The molecule has 1 amide bonds. The van der Waals surface area contributed by atoms with Crippen molar-refractivity contribution >= 4 is 11.7 Å². The van der Waals surface area contributed by atoms with E-state index in [-0.39, 0.29) is 12.5 Å². The predicted molar refractivity (Wildman–Crippen MR) is 67.9 cm³/mol. The van der Waals surface area contributed by atoms with Gasteiger partial charge in [-0.05, 0) is 27.7 Å². The molecular weight excluding hydrogens is 216 g/mol. The molecule has 0 aliphatic carbocycles. The standard InChI is InChI=1S/C12H20N4O/c1-5-16(6-2)11(17)8-14-12-10(4)13-7-9(3)15-12/h7H,5-6,8H2,1-4H3,(H,14,15). The summed E-state index contributed by atoms with van der Waals surface area (Å²) in [6.07, 6.45) is 1.72. The molecule has 1 aromatic rings. The lowest BCUT2D eigenvalue weighted by molar-refractivity contribution is -0.128. The van der Waals surface area contributed by atoms with E-state index >= 15 is 0 Å². The van der Waals surface area contributed by atoms with Gasteiger partial charge in [0, 0.05) is 19.3 Å². The molecule has 0 saturated heterocycles. The third-order valence-electron chi connectivity index (χ3n) is 2.60. The van der Waals surface area contributed by atoms with Crippen molar-refractivity contribution in [3.63, 3.8) is 0 Å². The molecule has 1 aromatic heterocycles. The number of carbonyl (C=O) groups is 1. The van der Waals surface area contributed by atoms with Crippen LogP contribution in [0.25, 0.3) is 0 Å². The Morgan fingerprint density at radius 2 is 2.00 bits per heavy atom. The summed E-state index contributed by atoms with van der Waals surface area (Å²) in [6.45, 7) is 9.42. The van der Waals surface area contributed by atoms with Gasteiger partial charge in [-0.25, -0.2) is 4.98 Å². The molecule has 1 rings (SSSR count). The second kappa shape index (κ2) is 6.18. The fourth-order valence-electron chi connectivity index (χ4n) is 1.55. The van der Waals surface area contributed by atoms with Gasteiger partial charge >= 0.3 is 0 Å². The molecule has 5 heteroatoms. The van der Waals surface area contributed by atoms with E-state index in [4.69, 9.17) is 0 Å². The van der Waals surface area contributed by atoms with Crippen molar-refractivity contribution < 1.29 is 4.79 Å². The number of carbonyl (C=O) groups excluding carboxylic acids is 1. The average Bonchev–Trinajstić information content (AvgIpc) is 2.32. The molecule has 0 unspecified atom stereocenters. The van der Waals surface area contributed by atoms with Crippen LogP contribution in [0, 0.1) is 13.8 Å². The number of amides is 1. The van der Waals surface area contributed by atoms with Gasteiger partial charge in [0.1, 0.15) is 5.82 Å². The number of hydrogen-bond donors (Lipinski definition) is 1. The van der Waals surface area contributed by atoms with E-state index in [0.717, 1.165) is 24.5 Å². The second-order valence-electron chi connectivity index (χ2n) is 3.86. The lowest BCUT2D eigenvalue weighted by Gasteiger charge is -2.19. The number of rotatable bonds is 5. The average molecular weight is 236 g/mol. The Morgan fingerprint density at radius 1 is 1.35 bits per heavy atom. The molecule has 1 N–H and O–H groups in total. The Hall–Kier alpha value is -1.65. The molecule has 1 heterocycles. The SMILES string of the molecule is CCN(CC)C(=O)CNc1nc(C)cnc1C. The summed E-state index contributed by atoms with van der Waals surface area (Å²) < 4.78 is 0. The molecule has 94 valence electrons. The maximum atomic E-state index is 11.8. The molecule has 0 atom stereocenters. The van der Waals surface area contributed by atoms with E-state index in [0.29, 0.717) is 5.82 Å². The third kappa shape index (κ3) is 3.69. The highest BCUT2D eigenvalue weighted by atomic mass is 16.2. The molecule has 0 fully saturated rings. The minimum Gasteiger partial charge on any atom is -0.359 e. The van der Waals surface area contributed by atoms with Crippen LogP contribution < -0.4 is 5.32 Å². The van der Waals surface area contributed by atoms with Crippen molar-refractivity contribution in [1.29, 1.82) is 0 Å². The Labute approximate surface area is 102 Å². The largest absolute Gasteiger partial charge is 0.359 e. The Balaban J connectivity index is 2.61. The molecule has 0 spiro atoms. The van der Waals surface area contributed by atoms with Gasteiger partial charge in [-0.1, -0.05) is 0 Å². The van der Waals surface area contributed by atoms with Crippen LogP contribution in [0.1, 0.15) is 25.2 Å². The summed E-state index contributed by atoms with van der Waals surface area (Å²) in [7, 11) is 0. The van der Waals surface area contributed by atoms with Crippen LogP contribution in [0.4, 0.5) is 5.82 Å². The van der Waals surface area contributed by atoms with Crippen molar-refractivity contribution in [2.24, 2.45) is 0 Å². The van der Waals surface area contributed by atoms with E-state index in [1.54, 1.807) is 11.1 Å². The molecule has 0 bridgehead atoms. The predicted octanol–water partition coefficient (Wildman–Crippen LogP) is 1.37. The van der Waals surface area contributed by atoms with Crippen molar-refractivity contribution in [2.75, 3.05) is 25.0 Å². The van der Waals surface area contributed by atoms with E-state index in [9.17, 15) is 4.79 Å². The zero-order valence-corrected chi connectivity index (χ0v) is 10.9. The van der Waals surface area contributed by atoms with E-state index in [1.807, 2.05) is 27.7 Å². The first-order valence-electron chi connectivity index (χ1n) is 5.90. The zero-order valence-electron chi connectivity index (χ0n) is 10.9. The molecule has 0 saturated carbocycles. The third-order valence-corrected chi connectivity index (χ3v) is 2.60. The summed E-state index contributed by atoms with van der Waals surface area (Å²) in [5.74, 6) is 0.767. The van der Waals surface area contributed by atoms with E-state index in [1.165, 1.54) is 0 Å². The van der Waals surface area contributed by atoms with Gasteiger partial charge in [0.2, 0.25) is 5.91 Å². The number of likely N-dealkylation sites (N-methyl/N-ethyl adjacent to an activating group) is 1. The van der Waals surface area contributed by atoms with Crippen molar-refractivity contribution in [2.45, 2.75) is 27.7 Å². The lowest BCUT2D eigenvalue weighted by atomic mass is 10.4. The number of anilines is 1. The Morgan fingerprint density at radius 3 is 2.59 bits per heavy atom. The summed E-state index contributed by atoms with van der Waals surface area (Å²) in [6, 6.07) is 0. The number of nitrogens with one attached hydrogen (secondary N) is 1. The van der Waals surface area contributed by atoms with Gasteiger partial charge in [-0.3, -0.25) is 9.78 Å². The molecule has 5 nitrogen and oxygen atoms in total. The molecule has 0 aliphatic rings. The summed E-state index contributed by atoms with van der Waals surface area (Å²) in [5.41, 5.74) is 1.65. The first kappa shape index (κ1) is 13.4. The van der Waals surface area contributed by atoms with Gasteiger partial charge in [-0.15, -0.1) is 0 Å². The van der Waals surface area contributed by atoms with Crippen LogP contribution in [0.2, 0.25) is 0 Å². The normalized spacial score (nSPS) is 10.1. The fourth-order valence-corrected chi connectivity index (χ4v) is 1.55. The number of nitrogens with zero attached hydrogens (tertiary/aromatic N) is 3. The number of hydrogen-bond acceptors (Lipinski definition) is 4. The van der Waals surface area contributed by atoms with E-state index in [2.05, 4.69) is 15.3 Å². The highest BCUT2D eigenvalue weighted by Crippen LogP contribution is 2.08. The zero-order chi connectivity index (χ0) is 12.8. The summed E-state index contributed by atoms with van der Waals surface area (Å²) in [4.78, 5) is 22.1. The van der Waals surface area contributed by atoms with Crippen molar-refractivity contribution in [1.82, 2.24) is 14.9 Å². The van der Waals surface area contributed by atoms with Crippen LogP contribution in [0.3, 0.4) is 0 Å². The van der Waals surface area contributed by atoms with Crippen LogP contribution in [0.5, 0.6) is 0 Å². The Kier molecular flexibility index (Phi) is 4.87. The highest BCUT2D eigenvalue weighted by molar-refractivity contribution is 5.80. The molecule has 0 aliphatic heterocycles. The van der Waals surface area contributed by atoms with Gasteiger partial charge in [0.05, 0.1) is 17.9 Å². The number of aromatic nitrogens is 2. The smallest absolute Gasteiger partial charge is 0.241 e. The van der Waals surface area contributed by atoms with Crippen LogP contribution in [0.15, 0.2) is 6.20 Å². The monoisotopic (exact) mass is 236 g/mol. The highest BCUT2D eigenvalue weighted by Gasteiger charge is 2.10. The van der Waals surface area contributed by atoms with Crippen molar-refractivity contribution in [3.05, 3.63) is 17.6 Å². The van der Waals surface area contributed by atoms with Crippen molar-refractivity contribution in [3.8, 4) is 0 Å². The van der Waals surface area contributed by atoms with Gasteiger partial charge in [-0.2, -0.15) is 0 Å². The van der Waals surface area contributed by atoms with E-state index < -0.39 is 0 Å². The minimum atomic E-state index is 0.0812. The quantitative estimate of drug-likeness (QED) is 0.839. The summed E-state index contributed by atoms with van der Waals surface area (Å²) >= 11 is 0. The summed E-state index contributed by atoms with van der Waals surface area (Å²) in [5, 5.41) is 3.04. The van der Waals surface area contributed by atoms with Gasteiger partial charge in [0.15, 0.2) is 0 Å². The molecule has 0 radical (unpaired) electrons. The maximum Gasteiger partial charge on any atom is 0.241 e.